The van der Waals surface area contributed by atoms with Crippen LogP contribution in [0.3, 0.4) is 0 Å². The number of halogens is 1. The molecule has 0 aliphatic carbocycles. The quantitative estimate of drug-likeness (QED) is 0.581. The first-order valence-corrected chi connectivity index (χ1v) is 5.29. The Balaban J connectivity index is 2.42. The van der Waals surface area contributed by atoms with Crippen LogP contribution in [0.2, 0.25) is 0 Å². The minimum absolute atomic E-state index is 0.303. The monoisotopic (exact) mass is 214 g/mol. The van der Waals surface area contributed by atoms with Crippen LogP contribution >= 0.6 is 12.6 Å². The SMILES string of the molecule is CCCCCOc1cc(F)cc(S)c1. The average Bonchev–Trinajstić information content (AvgIpc) is 2.11. The number of hydrogen-bond donors (Lipinski definition) is 1. The van der Waals surface area contributed by atoms with E-state index in [0.29, 0.717) is 17.3 Å². The van der Waals surface area contributed by atoms with E-state index in [2.05, 4.69) is 19.6 Å². The first-order valence-electron chi connectivity index (χ1n) is 4.84. The normalized spacial score (nSPS) is 10.2. The molecule has 0 aliphatic rings. The fourth-order valence-corrected chi connectivity index (χ4v) is 1.42. The summed E-state index contributed by atoms with van der Waals surface area (Å²) in [5, 5.41) is 0. The first-order chi connectivity index (χ1) is 6.72. The summed E-state index contributed by atoms with van der Waals surface area (Å²) in [5.41, 5.74) is 0. The van der Waals surface area contributed by atoms with Gasteiger partial charge in [0.1, 0.15) is 11.6 Å². The van der Waals surface area contributed by atoms with Crippen LogP contribution in [0.1, 0.15) is 26.2 Å². The van der Waals surface area contributed by atoms with Crippen LogP contribution in [-0.4, -0.2) is 6.61 Å². The molecule has 0 aromatic heterocycles. The molecule has 0 bridgehead atoms. The van der Waals surface area contributed by atoms with Crippen LogP contribution in [0.5, 0.6) is 5.75 Å². The van der Waals surface area contributed by atoms with Gasteiger partial charge in [0.25, 0.3) is 0 Å². The van der Waals surface area contributed by atoms with E-state index in [1.165, 1.54) is 12.1 Å². The van der Waals surface area contributed by atoms with Crippen molar-refractivity contribution in [1.29, 1.82) is 0 Å². The highest BCUT2D eigenvalue weighted by molar-refractivity contribution is 7.80. The zero-order valence-electron chi connectivity index (χ0n) is 8.29. The van der Waals surface area contributed by atoms with Gasteiger partial charge in [0.2, 0.25) is 0 Å². The summed E-state index contributed by atoms with van der Waals surface area (Å²) in [5.74, 6) is 0.258. The number of benzene rings is 1. The Morgan fingerprint density at radius 2 is 2.07 bits per heavy atom. The lowest BCUT2D eigenvalue weighted by Gasteiger charge is -2.06. The molecular weight excluding hydrogens is 199 g/mol. The molecule has 0 unspecified atom stereocenters. The molecule has 0 heterocycles. The van der Waals surface area contributed by atoms with Crippen LogP contribution in [0.15, 0.2) is 23.1 Å². The van der Waals surface area contributed by atoms with E-state index in [1.54, 1.807) is 6.07 Å². The second-order valence-corrected chi connectivity index (χ2v) is 3.72. The van der Waals surface area contributed by atoms with E-state index in [0.717, 1.165) is 19.3 Å². The molecule has 0 amide bonds. The van der Waals surface area contributed by atoms with Crippen molar-refractivity contribution in [2.75, 3.05) is 6.61 Å². The highest BCUT2D eigenvalue weighted by Crippen LogP contribution is 2.19. The minimum atomic E-state index is -0.303. The van der Waals surface area contributed by atoms with E-state index >= 15 is 0 Å². The van der Waals surface area contributed by atoms with E-state index < -0.39 is 0 Å². The van der Waals surface area contributed by atoms with Crippen molar-refractivity contribution in [3.05, 3.63) is 24.0 Å². The van der Waals surface area contributed by atoms with E-state index in [-0.39, 0.29) is 5.82 Å². The smallest absolute Gasteiger partial charge is 0.128 e. The van der Waals surface area contributed by atoms with Gasteiger partial charge in [0.15, 0.2) is 0 Å². The Bertz CT molecular complexity index is 268. The van der Waals surface area contributed by atoms with Crippen LogP contribution in [0.4, 0.5) is 4.39 Å². The molecule has 1 aromatic rings. The summed E-state index contributed by atoms with van der Waals surface area (Å²) in [6.07, 6.45) is 3.31. The van der Waals surface area contributed by atoms with Gasteiger partial charge >= 0.3 is 0 Å². The van der Waals surface area contributed by atoms with Gasteiger partial charge in [-0.25, -0.2) is 4.39 Å². The van der Waals surface area contributed by atoms with Gasteiger partial charge in [-0.1, -0.05) is 19.8 Å². The number of unbranched alkanes of at least 4 members (excludes halogenated alkanes) is 2. The van der Waals surface area contributed by atoms with Crippen molar-refractivity contribution in [2.24, 2.45) is 0 Å². The summed E-state index contributed by atoms with van der Waals surface area (Å²) >= 11 is 4.07. The van der Waals surface area contributed by atoms with Gasteiger partial charge in [-0.15, -0.1) is 12.6 Å². The number of rotatable bonds is 5. The number of thiol groups is 1. The number of hydrogen-bond acceptors (Lipinski definition) is 2. The lowest BCUT2D eigenvalue weighted by atomic mass is 10.3. The van der Waals surface area contributed by atoms with Crippen LogP contribution in [-0.2, 0) is 0 Å². The predicted molar refractivity (Wildman–Crippen MR) is 58.7 cm³/mol. The third-order valence-electron chi connectivity index (χ3n) is 1.87. The molecule has 0 radical (unpaired) electrons. The molecule has 3 heteroatoms. The Morgan fingerprint density at radius 1 is 1.29 bits per heavy atom. The van der Waals surface area contributed by atoms with Crippen molar-refractivity contribution in [3.63, 3.8) is 0 Å². The van der Waals surface area contributed by atoms with Gasteiger partial charge in [-0.05, 0) is 18.6 Å². The van der Waals surface area contributed by atoms with Crippen LogP contribution < -0.4 is 4.74 Å². The summed E-state index contributed by atoms with van der Waals surface area (Å²) in [7, 11) is 0. The molecule has 1 nitrogen and oxygen atoms in total. The van der Waals surface area contributed by atoms with E-state index in [4.69, 9.17) is 4.74 Å². The molecule has 1 aromatic carbocycles. The van der Waals surface area contributed by atoms with E-state index in [9.17, 15) is 4.39 Å². The van der Waals surface area contributed by atoms with Crippen LogP contribution in [0.25, 0.3) is 0 Å². The molecule has 0 fully saturated rings. The molecular formula is C11H15FOS. The Kier molecular flexibility index (Phi) is 4.80. The van der Waals surface area contributed by atoms with E-state index in [1.807, 2.05) is 0 Å². The third-order valence-corrected chi connectivity index (χ3v) is 2.13. The van der Waals surface area contributed by atoms with Crippen molar-refractivity contribution < 1.29 is 9.13 Å². The van der Waals surface area contributed by atoms with Gasteiger partial charge in [0, 0.05) is 11.0 Å². The summed E-state index contributed by atoms with van der Waals surface area (Å²) < 4.78 is 18.3. The van der Waals surface area contributed by atoms with Gasteiger partial charge in [0.05, 0.1) is 6.61 Å². The average molecular weight is 214 g/mol. The van der Waals surface area contributed by atoms with Crippen molar-refractivity contribution in [2.45, 2.75) is 31.1 Å². The fourth-order valence-electron chi connectivity index (χ4n) is 1.17. The molecule has 14 heavy (non-hydrogen) atoms. The topological polar surface area (TPSA) is 9.23 Å². The van der Waals surface area contributed by atoms with Gasteiger partial charge in [-0.3, -0.25) is 0 Å². The van der Waals surface area contributed by atoms with Crippen molar-refractivity contribution in [3.8, 4) is 5.75 Å². The molecule has 0 spiro atoms. The number of ether oxygens (including phenoxy) is 1. The predicted octanol–water partition coefficient (Wildman–Crippen LogP) is 3.68. The summed E-state index contributed by atoms with van der Waals surface area (Å²) in [6.45, 7) is 2.78. The molecule has 0 saturated carbocycles. The Labute approximate surface area is 89.7 Å². The largest absolute Gasteiger partial charge is 0.493 e. The molecule has 0 saturated heterocycles. The van der Waals surface area contributed by atoms with Gasteiger partial charge in [-0.2, -0.15) is 0 Å². The lowest BCUT2D eigenvalue weighted by molar-refractivity contribution is 0.304. The zero-order chi connectivity index (χ0) is 10.4. The molecule has 1 rings (SSSR count). The lowest BCUT2D eigenvalue weighted by Crippen LogP contribution is -1.97. The maximum absolute atomic E-state index is 12.9. The second kappa shape index (κ2) is 5.91. The minimum Gasteiger partial charge on any atom is -0.493 e. The first kappa shape index (κ1) is 11.4. The Morgan fingerprint density at radius 3 is 2.71 bits per heavy atom. The van der Waals surface area contributed by atoms with Gasteiger partial charge < -0.3 is 4.74 Å². The molecule has 0 atom stereocenters. The highest BCUT2D eigenvalue weighted by Gasteiger charge is 1.98. The van der Waals surface area contributed by atoms with Crippen molar-refractivity contribution >= 4 is 12.6 Å². The molecule has 0 N–H and O–H groups in total. The maximum atomic E-state index is 12.9. The maximum Gasteiger partial charge on any atom is 0.128 e. The zero-order valence-corrected chi connectivity index (χ0v) is 9.19. The van der Waals surface area contributed by atoms with Crippen LogP contribution in [0, 0.1) is 5.82 Å². The third kappa shape index (κ3) is 4.01. The molecule has 78 valence electrons. The highest BCUT2D eigenvalue weighted by atomic mass is 32.1. The van der Waals surface area contributed by atoms with Crippen molar-refractivity contribution in [1.82, 2.24) is 0 Å². The Hall–Kier alpha value is -0.700. The standard InChI is InChI=1S/C11H15FOS/c1-2-3-4-5-13-10-6-9(12)7-11(14)8-10/h6-8,14H,2-5H2,1H3. The molecule has 0 aliphatic heterocycles. The fraction of sp³-hybridized carbons (Fsp3) is 0.455. The summed E-state index contributed by atoms with van der Waals surface area (Å²) in [4.78, 5) is 0.593. The summed E-state index contributed by atoms with van der Waals surface area (Å²) in [6, 6.07) is 4.46. The second-order valence-electron chi connectivity index (χ2n) is 3.20.